The number of benzene rings is 3. The van der Waals surface area contributed by atoms with Crippen LogP contribution < -0.4 is 10.6 Å². The fourth-order valence-corrected chi connectivity index (χ4v) is 4.14. The number of amides is 1. The second-order valence-corrected chi connectivity index (χ2v) is 9.28. The predicted octanol–water partition coefficient (Wildman–Crippen LogP) is 7.06. The van der Waals surface area contributed by atoms with Crippen LogP contribution in [0.2, 0.25) is 0 Å². The Bertz CT molecular complexity index is 1370. The van der Waals surface area contributed by atoms with Gasteiger partial charge in [0.15, 0.2) is 10.7 Å². The first-order valence-corrected chi connectivity index (χ1v) is 11.9. The second-order valence-electron chi connectivity index (χ2n) is 8.87. The lowest BCUT2D eigenvalue weighted by atomic mass is 9.98. The molecule has 1 heterocycles. The van der Waals surface area contributed by atoms with Gasteiger partial charge in [-0.15, -0.1) is 0 Å². The first kappa shape index (κ1) is 23.6. The van der Waals surface area contributed by atoms with Crippen molar-refractivity contribution in [3.63, 3.8) is 0 Å². The Morgan fingerprint density at radius 3 is 2.47 bits per heavy atom. The summed E-state index contributed by atoms with van der Waals surface area (Å²) in [5, 5.41) is 6.15. The molecule has 1 atom stereocenters. The van der Waals surface area contributed by atoms with E-state index < -0.39 is 0 Å². The van der Waals surface area contributed by atoms with Crippen molar-refractivity contribution in [3.8, 4) is 11.5 Å². The van der Waals surface area contributed by atoms with Gasteiger partial charge in [0.05, 0.1) is 0 Å². The fourth-order valence-electron chi connectivity index (χ4n) is 3.93. The van der Waals surface area contributed by atoms with Crippen molar-refractivity contribution in [2.45, 2.75) is 47.0 Å². The van der Waals surface area contributed by atoms with Crippen LogP contribution >= 0.6 is 12.2 Å². The van der Waals surface area contributed by atoms with Gasteiger partial charge in [0, 0.05) is 16.8 Å². The minimum absolute atomic E-state index is 0.236. The first-order valence-electron chi connectivity index (χ1n) is 11.5. The maximum Gasteiger partial charge on any atom is 0.257 e. The molecule has 3 aromatic carbocycles. The highest BCUT2D eigenvalue weighted by atomic mass is 32.1. The van der Waals surface area contributed by atoms with Crippen molar-refractivity contribution in [1.29, 1.82) is 0 Å². The number of fused-ring (bicyclic) bond motifs is 1. The lowest BCUT2D eigenvalue weighted by Crippen LogP contribution is -2.34. The molecule has 1 unspecified atom stereocenters. The van der Waals surface area contributed by atoms with E-state index in [2.05, 4.69) is 36.6 Å². The van der Waals surface area contributed by atoms with E-state index in [-0.39, 0.29) is 11.0 Å². The number of anilines is 1. The average molecular weight is 472 g/mol. The van der Waals surface area contributed by atoms with E-state index in [0.29, 0.717) is 17.4 Å². The number of nitrogens with zero attached hydrogens (tertiary/aromatic N) is 1. The first-order chi connectivity index (χ1) is 16.2. The number of thiocarbonyl (C=S) groups is 1. The van der Waals surface area contributed by atoms with Crippen LogP contribution in [0, 0.1) is 20.8 Å². The van der Waals surface area contributed by atoms with E-state index in [0.717, 1.165) is 45.5 Å². The van der Waals surface area contributed by atoms with Gasteiger partial charge in [0.1, 0.15) is 5.52 Å². The number of hydrogen-bond acceptors (Lipinski definition) is 4. The van der Waals surface area contributed by atoms with Gasteiger partial charge in [0.25, 0.3) is 5.91 Å². The zero-order chi connectivity index (χ0) is 24.4. The number of hydrogen-bond donors (Lipinski definition) is 2. The molecular weight excluding hydrogens is 442 g/mol. The Morgan fingerprint density at radius 1 is 1.03 bits per heavy atom. The van der Waals surface area contributed by atoms with Gasteiger partial charge in [-0.25, -0.2) is 4.98 Å². The molecular formula is C28H29N3O2S. The molecule has 0 fully saturated rings. The van der Waals surface area contributed by atoms with E-state index in [9.17, 15) is 4.79 Å². The highest BCUT2D eigenvalue weighted by molar-refractivity contribution is 7.80. The van der Waals surface area contributed by atoms with Gasteiger partial charge in [-0.3, -0.25) is 10.1 Å². The largest absolute Gasteiger partial charge is 0.436 e. The Kier molecular flexibility index (Phi) is 6.80. The van der Waals surface area contributed by atoms with Crippen molar-refractivity contribution in [2.75, 3.05) is 5.32 Å². The number of aryl methyl sites for hydroxylation is 3. The highest BCUT2D eigenvalue weighted by Gasteiger charge is 2.14. The van der Waals surface area contributed by atoms with E-state index in [1.807, 2.05) is 63.2 Å². The second kappa shape index (κ2) is 9.77. The molecule has 2 N–H and O–H groups in total. The molecule has 6 heteroatoms. The van der Waals surface area contributed by atoms with E-state index in [1.165, 1.54) is 5.56 Å². The molecule has 1 amide bonds. The number of rotatable bonds is 5. The minimum atomic E-state index is -0.242. The lowest BCUT2D eigenvalue weighted by molar-refractivity contribution is 0.0977. The summed E-state index contributed by atoms with van der Waals surface area (Å²) in [5.41, 5.74) is 8.10. The molecule has 34 heavy (non-hydrogen) atoms. The SMILES string of the molecule is CCC(C)c1ccc2oc(-c3ccc(C)c(NC(=S)NC(=O)c4cc(C)cc(C)c4)c3)nc2c1. The van der Waals surface area contributed by atoms with Crippen LogP contribution in [0.3, 0.4) is 0 Å². The van der Waals surface area contributed by atoms with Gasteiger partial charge < -0.3 is 9.73 Å². The van der Waals surface area contributed by atoms with Crippen molar-refractivity contribution in [1.82, 2.24) is 10.3 Å². The molecule has 0 aliphatic carbocycles. The third-order valence-corrected chi connectivity index (χ3v) is 6.24. The van der Waals surface area contributed by atoms with Gasteiger partial charge >= 0.3 is 0 Å². The summed E-state index contributed by atoms with van der Waals surface area (Å²) >= 11 is 5.42. The summed E-state index contributed by atoms with van der Waals surface area (Å²) in [6.07, 6.45) is 1.07. The standard InChI is InChI=1S/C28H29N3O2S/c1-6-18(4)20-9-10-25-24(14-20)29-27(33-25)21-8-7-19(5)23(15-21)30-28(34)31-26(32)22-12-16(2)11-17(3)13-22/h7-15,18H,6H2,1-5H3,(H2,30,31,32,34). The zero-order valence-electron chi connectivity index (χ0n) is 20.2. The molecule has 0 aliphatic heterocycles. The Labute approximate surface area is 205 Å². The molecule has 5 nitrogen and oxygen atoms in total. The Balaban J connectivity index is 1.54. The summed E-state index contributed by atoms with van der Waals surface area (Å²) in [6.45, 7) is 10.3. The van der Waals surface area contributed by atoms with Gasteiger partial charge in [-0.1, -0.05) is 43.2 Å². The third-order valence-electron chi connectivity index (χ3n) is 6.04. The highest BCUT2D eigenvalue weighted by Crippen LogP contribution is 2.30. The molecule has 1 aromatic heterocycles. The summed E-state index contributed by atoms with van der Waals surface area (Å²) in [4.78, 5) is 17.4. The van der Waals surface area contributed by atoms with E-state index >= 15 is 0 Å². The summed E-state index contributed by atoms with van der Waals surface area (Å²) in [7, 11) is 0. The van der Waals surface area contributed by atoms with Crippen LogP contribution in [0.1, 0.15) is 58.8 Å². The maximum absolute atomic E-state index is 12.7. The topological polar surface area (TPSA) is 67.2 Å². The third kappa shape index (κ3) is 5.18. The molecule has 0 radical (unpaired) electrons. The number of carbonyl (C=O) groups is 1. The smallest absolute Gasteiger partial charge is 0.257 e. The number of carbonyl (C=O) groups excluding carboxylic acids is 1. The van der Waals surface area contributed by atoms with E-state index in [4.69, 9.17) is 21.6 Å². The zero-order valence-corrected chi connectivity index (χ0v) is 21.0. The lowest BCUT2D eigenvalue weighted by Gasteiger charge is -2.13. The summed E-state index contributed by atoms with van der Waals surface area (Å²) < 4.78 is 6.03. The molecule has 0 bridgehead atoms. The number of oxazole rings is 1. The molecule has 4 rings (SSSR count). The molecule has 0 saturated heterocycles. The van der Waals surface area contributed by atoms with Crippen molar-refractivity contribution >= 4 is 40.0 Å². The Morgan fingerprint density at radius 2 is 1.76 bits per heavy atom. The number of aromatic nitrogens is 1. The van der Waals surface area contributed by atoms with Crippen LogP contribution in [-0.2, 0) is 0 Å². The predicted molar refractivity (Wildman–Crippen MR) is 142 cm³/mol. The normalized spacial score (nSPS) is 11.9. The maximum atomic E-state index is 12.7. The van der Waals surface area contributed by atoms with Crippen LogP contribution in [0.5, 0.6) is 0 Å². The van der Waals surface area contributed by atoms with E-state index in [1.54, 1.807) is 0 Å². The molecule has 174 valence electrons. The van der Waals surface area contributed by atoms with Crippen LogP contribution in [0.15, 0.2) is 59.0 Å². The van der Waals surface area contributed by atoms with Crippen molar-refractivity contribution in [3.05, 3.63) is 82.4 Å². The Hall–Kier alpha value is -3.51. The van der Waals surface area contributed by atoms with Gasteiger partial charge in [-0.2, -0.15) is 0 Å². The molecule has 4 aromatic rings. The molecule has 0 saturated carbocycles. The molecule has 0 spiro atoms. The quantitative estimate of drug-likeness (QED) is 0.305. The monoisotopic (exact) mass is 471 g/mol. The van der Waals surface area contributed by atoms with Gasteiger partial charge in [0.2, 0.25) is 5.89 Å². The summed E-state index contributed by atoms with van der Waals surface area (Å²) in [5.74, 6) is 0.776. The van der Waals surface area contributed by atoms with Crippen molar-refractivity contribution in [2.24, 2.45) is 0 Å². The van der Waals surface area contributed by atoms with Crippen molar-refractivity contribution < 1.29 is 9.21 Å². The van der Waals surface area contributed by atoms with Crippen LogP contribution in [-0.4, -0.2) is 16.0 Å². The average Bonchev–Trinajstić information content (AvgIpc) is 3.22. The van der Waals surface area contributed by atoms with Crippen LogP contribution in [0.25, 0.3) is 22.6 Å². The minimum Gasteiger partial charge on any atom is -0.436 e. The molecule has 0 aliphatic rings. The van der Waals surface area contributed by atoms with Gasteiger partial charge in [-0.05, 0) is 92.9 Å². The van der Waals surface area contributed by atoms with Crippen LogP contribution in [0.4, 0.5) is 5.69 Å². The fraction of sp³-hybridized carbons (Fsp3) is 0.250. The number of nitrogens with one attached hydrogen (secondary N) is 2. The summed E-state index contributed by atoms with van der Waals surface area (Å²) in [6, 6.07) is 17.8.